The van der Waals surface area contributed by atoms with Gasteiger partial charge in [0.2, 0.25) is 0 Å². The quantitative estimate of drug-likeness (QED) is 0.202. The molecule has 27 heavy (non-hydrogen) atoms. The minimum atomic E-state index is -1.22. The largest absolute Gasteiger partial charge is 0.550 e. The van der Waals surface area contributed by atoms with Crippen LogP contribution in [-0.4, -0.2) is 61.4 Å². The van der Waals surface area contributed by atoms with Gasteiger partial charge in [0.05, 0.1) is 27.2 Å². The van der Waals surface area contributed by atoms with Gasteiger partial charge in [0.1, 0.15) is 6.54 Å². The Morgan fingerprint density at radius 2 is 1.81 bits per heavy atom. The fourth-order valence-electron chi connectivity index (χ4n) is 2.61. The molecule has 0 aliphatic carbocycles. The summed E-state index contributed by atoms with van der Waals surface area (Å²) in [6, 6.07) is 0. The van der Waals surface area contributed by atoms with Crippen molar-refractivity contribution in [2.75, 3.05) is 27.7 Å². The molecule has 0 saturated heterocycles. The van der Waals surface area contributed by atoms with Crippen molar-refractivity contribution in [2.45, 2.75) is 70.5 Å². The van der Waals surface area contributed by atoms with E-state index in [0.29, 0.717) is 30.3 Å². The Morgan fingerprint density at radius 3 is 2.41 bits per heavy atom. The number of carboxylic acid groups (broad SMARTS) is 1. The number of hydrogen-bond donors (Lipinski definition) is 1. The van der Waals surface area contributed by atoms with Gasteiger partial charge in [-0.1, -0.05) is 44.1 Å². The number of carbonyl (C=O) groups excluding carboxylic acids is 2. The van der Waals surface area contributed by atoms with E-state index < -0.39 is 24.1 Å². The molecule has 0 aliphatic heterocycles. The van der Waals surface area contributed by atoms with Crippen molar-refractivity contribution in [2.24, 2.45) is 0 Å². The van der Waals surface area contributed by atoms with E-state index in [9.17, 15) is 19.8 Å². The maximum atomic E-state index is 11.9. The first-order valence-electron chi connectivity index (χ1n) is 9.83. The Bertz CT molecular complexity index is 479. The first-order chi connectivity index (χ1) is 12.6. The van der Waals surface area contributed by atoms with Crippen LogP contribution in [0.25, 0.3) is 0 Å². The van der Waals surface area contributed by atoms with Crippen LogP contribution >= 0.6 is 0 Å². The highest BCUT2D eigenvalue weighted by molar-refractivity contribution is 5.70. The van der Waals surface area contributed by atoms with Crippen molar-refractivity contribution < 1.29 is 29.0 Å². The van der Waals surface area contributed by atoms with Crippen LogP contribution in [0.4, 0.5) is 0 Å². The summed E-state index contributed by atoms with van der Waals surface area (Å²) in [4.78, 5) is 22.8. The normalized spacial score (nSPS) is 14.6. The number of nitrogens with zero attached hydrogens (tertiary/aromatic N) is 1. The molecular weight excluding hydrogens is 346 g/mol. The molecule has 0 spiro atoms. The average Bonchev–Trinajstić information content (AvgIpc) is 2.52. The zero-order valence-electron chi connectivity index (χ0n) is 17.4. The lowest BCUT2D eigenvalue weighted by Crippen LogP contribution is -2.45. The summed E-state index contributed by atoms with van der Waals surface area (Å²) in [5, 5.41) is 20.7. The summed E-state index contributed by atoms with van der Waals surface area (Å²) in [5.74, 6) is -1.62. The zero-order chi connectivity index (χ0) is 20.7. The van der Waals surface area contributed by atoms with Crippen LogP contribution in [0.1, 0.15) is 58.3 Å². The van der Waals surface area contributed by atoms with E-state index in [4.69, 9.17) is 4.74 Å². The predicted molar refractivity (Wildman–Crippen MR) is 105 cm³/mol. The van der Waals surface area contributed by atoms with Crippen molar-refractivity contribution in [3.63, 3.8) is 0 Å². The Morgan fingerprint density at radius 1 is 1.15 bits per heavy atom. The molecular formula is C21H37NO5. The lowest BCUT2D eigenvalue weighted by molar-refractivity contribution is -0.873. The second-order valence-electron chi connectivity index (χ2n) is 7.94. The minimum absolute atomic E-state index is 0.225. The van der Waals surface area contributed by atoms with Gasteiger partial charge in [0.25, 0.3) is 0 Å². The smallest absolute Gasteiger partial charge is 0.306 e. The number of aliphatic hydroxyl groups excluding tert-OH is 1. The van der Waals surface area contributed by atoms with Gasteiger partial charge in [0.15, 0.2) is 6.10 Å². The van der Waals surface area contributed by atoms with Crippen LogP contribution in [0, 0.1) is 0 Å². The molecule has 6 nitrogen and oxygen atoms in total. The van der Waals surface area contributed by atoms with E-state index >= 15 is 0 Å². The summed E-state index contributed by atoms with van der Waals surface area (Å²) in [7, 11) is 5.72. The SMILES string of the molecule is CCC/C=C/C=C/CC(O)CCCCC(=O)OC(CC(=O)[O-])C[N+](C)(C)C. The standard InChI is InChI=1S/C21H37NO5/c1-5-6-7-8-9-10-13-18(23)14-11-12-15-21(26)27-19(16-20(24)25)17-22(2,3)4/h7-10,18-19,23H,5-6,11-17H2,1-4H3/b8-7+,10-9+. The van der Waals surface area contributed by atoms with Gasteiger partial charge >= 0.3 is 5.97 Å². The average molecular weight is 384 g/mol. The molecule has 0 aliphatic rings. The van der Waals surface area contributed by atoms with Crippen molar-refractivity contribution in [3.8, 4) is 0 Å². The van der Waals surface area contributed by atoms with Gasteiger partial charge in [-0.25, -0.2) is 0 Å². The van der Waals surface area contributed by atoms with Crippen molar-refractivity contribution in [3.05, 3.63) is 24.3 Å². The summed E-state index contributed by atoms with van der Waals surface area (Å²) in [5.41, 5.74) is 0. The molecule has 0 fully saturated rings. The maximum Gasteiger partial charge on any atom is 0.306 e. The second-order valence-corrected chi connectivity index (χ2v) is 7.94. The van der Waals surface area contributed by atoms with E-state index in [1.807, 2.05) is 39.4 Å². The molecule has 6 heteroatoms. The molecule has 2 atom stereocenters. The molecule has 0 aromatic carbocycles. The molecule has 0 amide bonds. The molecule has 156 valence electrons. The van der Waals surface area contributed by atoms with Crippen LogP contribution in [0.5, 0.6) is 0 Å². The van der Waals surface area contributed by atoms with Crippen LogP contribution in [0.3, 0.4) is 0 Å². The number of carbonyl (C=O) groups is 2. The summed E-state index contributed by atoms with van der Waals surface area (Å²) in [6.45, 7) is 2.54. The molecule has 1 N–H and O–H groups in total. The zero-order valence-corrected chi connectivity index (χ0v) is 17.4. The Hall–Kier alpha value is -1.66. The van der Waals surface area contributed by atoms with Crippen molar-refractivity contribution in [1.29, 1.82) is 0 Å². The topological polar surface area (TPSA) is 86.7 Å². The number of quaternary nitrogens is 1. The number of esters is 1. The number of aliphatic carboxylic acids is 1. The summed E-state index contributed by atoms with van der Waals surface area (Å²) in [6.07, 6.45) is 11.5. The number of aliphatic hydroxyl groups is 1. The fourth-order valence-corrected chi connectivity index (χ4v) is 2.61. The van der Waals surface area contributed by atoms with Gasteiger partial charge in [0, 0.05) is 18.8 Å². The lowest BCUT2D eigenvalue weighted by atomic mass is 10.1. The van der Waals surface area contributed by atoms with Crippen molar-refractivity contribution >= 4 is 11.9 Å². The number of unbranched alkanes of at least 4 members (excludes halogenated alkanes) is 2. The van der Waals surface area contributed by atoms with Gasteiger partial charge in [-0.05, 0) is 25.7 Å². The van der Waals surface area contributed by atoms with Gasteiger partial charge in [-0.3, -0.25) is 4.79 Å². The van der Waals surface area contributed by atoms with E-state index in [1.54, 1.807) is 0 Å². The molecule has 0 heterocycles. The highest BCUT2D eigenvalue weighted by Gasteiger charge is 2.22. The van der Waals surface area contributed by atoms with Crippen LogP contribution < -0.4 is 5.11 Å². The molecule has 0 aromatic heterocycles. The predicted octanol–water partition coefficient (Wildman–Crippen LogP) is 1.97. The van der Waals surface area contributed by atoms with Crippen LogP contribution in [0.15, 0.2) is 24.3 Å². The summed E-state index contributed by atoms with van der Waals surface area (Å²) < 4.78 is 5.80. The first kappa shape index (κ1) is 25.3. The number of hydrogen-bond acceptors (Lipinski definition) is 5. The van der Waals surface area contributed by atoms with Crippen molar-refractivity contribution in [1.82, 2.24) is 0 Å². The van der Waals surface area contributed by atoms with E-state index in [-0.39, 0.29) is 12.8 Å². The number of allylic oxidation sites excluding steroid dienone is 3. The second kappa shape index (κ2) is 14.4. The summed E-state index contributed by atoms with van der Waals surface area (Å²) >= 11 is 0. The highest BCUT2D eigenvalue weighted by atomic mass is 16.5. The minimum Gasteiger partial charge on any atom is -0.550 e. The molecule has 2 unspecified atom stereocenters. The fraction of sp³-hybridized carbons (Fsp3) is 0.714. The molecule has 0 rings (SSSR count). The number of rotatable bonds is 15. The van der Waals surface area contributed by atoms with Gasteiger partial charge < -0.3 is 24.2 Å². The van der Waals surface area contributed by atoms with Gasteiger partial charge in [-0.2, -0.15) is 0 Å². The molecule has 0 bridgehead atoms. The third-order valence-corrected chi connectivity index (χ3v) is 3.86. The number of carboxylic acids is 1. The Labute approximate surface area is 164 Å². The lowest BCUT2D eigenvalue weighted by Gasteiger charge is -2.29. The molecule has 0 saturated carbocycles. The van der Waals surface area contributed by atoms with Crippen LogP contribution in [0.2, 0.25) is 0 Å². The third kappa shape index (κ3) is 17.5. The monoisotopic (exact) mass is 383 g/mol. The van der Waals surface area contributed by atoms with E-state index in [0.717, 1.165) is 19.3 Å². The third-order valence-electron chi connectivity index (χ3n) is 3.86. The van der Waals surface area contributed by atoms with E-state index in [2.05, 4.69) is 13.0 Å². The Kier molecular flexibility index (Phi) is 13.5. The maximum absolute atomic E-state index is 11.9. The molecule has 0 radical (unpaired) electrons. The first-order valence-corrected chi connectivity index (χ1v) is 9.83. The molecule has 0 aromatic rings. The number of likely N-dealkylation sites (N-methyl/N-ethyl adjacent to an activating group) is 1. The Balaban J connectivity index is 4.04. The number of ether oxygens (including phenoxy) is 1. The highest BCUT2D eigenvalue weighted by Crippen LogP contribution is 2.11. The van der Waals surface area contributed by atoms with Crippen LogP contribution in [-0.2, 0) is 14.3 Å². The van der Waals surface area contributed by atoms with E-state index in [1.165, 1.54) is 0 Å². The van der Waals surface area contributed by atoms with Gasteiger partial charge in [-0.15, -0.1) is 0 Å².